The Kier molecular flexibility index (Phi) is 4.10. The van der Waals surface area contributed by atoms with Gasteiger partial charge < -0.3 is 0 Å². The molecule has 1 nitrogen and oxygen atoms in total. The van der Waals surface area contributed by atoms with Crippen LogP contribution in [-0.4, -0.2) is 5.78 Å². The minimum absolute atomic E-state index is 0.327. The van der Waals surface area contributed by atoms with Gasteiger partial charge in [0.05, 0.1) is 0 Å². The highest BCUT2D eigenvalue weighted by Gasteiger charge is 2.06. The molecule has 0 bridgehead atoms. The Balaban J connectivity index is 1.87. The molecule has 2 rings (SSSR count). The predicted octanol–water partition coefficient (Wildman–Crippen LogP) is 3.80. The lowest BCUT2D eigenvalue weighted by molar-refractivity contribution is -0.118. The van der Waals surface area contributed by atoms with Crippen LogP contribution in [0.2, 0.25) is 0 Å². The van der Waals surface area contributed by atoms with Crippen molar-refractivity contribution in [3.8, 4) is 0 Å². The standard InChI is InChI=1S/C15H16OS/c1-12-5-2-3-6-13(12)11-14(16)8-9-15-7-4-10-17-15/h2-7,10H,8-9,11H2,1H3. The van der Waals surface area contributed by atoms with E-state index >= 15 is 0 Å². The van der Waals surface area contributed by atoms with Gasteiger partial charge in [0.1, 0.15) is 5.78 Å². The molecule has 0 aliphatic rings. The van der Waals surface area contributed by atoms with Crippen LogP contribution in [0.15, 0.2) is 41.8 Å². The fourth-order valence-corrected chi connectivity index (χ4v) is 2.54. The van der Waals surface area contributed by atoms with Gasteiger partial charge in [-0.05, 0) is 35.9 Å². The average Bonchev–Trinajstić information content (AvgIpc) is 2.82. The molecule has 0 aliphatic carbocycles. The van der Waals surface area contributed by atoms with E-state index in [1.165, 1.54) is 10.4 Å². The second-order valence-electron chi connectivity index (χ2n) is 4.22. The quantitative estimate of drug-likeness (QED) is 0.782. The second kappa shape index (κ2) is 5.78. The van der Waals surface area contributed by atoms with Crippen LogP contribution in [0.1, 0.15) is 22.4 Å². The van der Waals surface area contributed by atoms with Crippen LogP contribution >= 0.6 is 11.3 Å². The highest BCUT2D eigenvalue weighted by molar-refractivity contribution is 7.09. The topological polar surface area (TPSA) is 17.1 Å². The summed E-state index contributed by atoms with van der Waals surface area (Å²) in [5, 5.41) is 2.06. The zero-order valence-electron chi connectivity index (χ0n) is 9.98. The molecule has 2 heteroatoms. The highest BCUT2D eigenvalue weighted by atomic mass is 32.1. The van der Waals surface area contributed by atoms with Crippen molar-refractivity contribution in [1.29, 1.82) is 0 Å². The molecule has 0 spiro atoms. The first-order valence-corrected chi connectivity index (χ1v) is 6.72. The Morgan fingerprint density at radius 3 is 2.71 bits per heavy atom. The molecular weight excluding hydrogens is 228 g/mol. The van der Waals surface area contributed by atoms with E-state index in [2.05, 4.69) is 24.4 Å². The molecule has 0 saturated carbocycles. The van der Waals surface area contributed by atoms with E-state index in [1.54, 1.807) is 11.3 Å². The monoisotopic (exact) mass is 244 g/mol. The van der Waals surface area contributed by atoms with Crippen LogP contribution in [0.25, 0.3) is 0 Å². The maximum atomic E-state index is 11.9. The summed E-state index contributed by atoms with van der Waals surface area (Å²) in [4.78, 5) is 13.2. The van der Waals surface area contributed by atoms with Crippen LogP contribution in [0.3, 0.4) is 0 Å². The van der Waals surface area contributed by atoms with Gasteiger partial charge in [0.2, 0.25) is 0 Å². The third-order valence-corrected chi connectivity index (χ3v) is 3.82. The van der Waals surface area contributed by atoms with Crippen molar-refractivity contribution < 1.29 is 4.79 Å². The Labute approximate surface area is 106 Å². The third kappa shape index (κ3) is 3.53. The van der Waals surface area contributed by atoms with E-state index in [9.17, 15) is 4.79 Å². The fraction of sp³-hybridized carbons (Fsp3) is 0.267. The van der Waals surface area contributed by atoms with Crippen LogP contribution in [0.5, 0.6) is 0 Å². The van der Waals surface area contributed by atoms with Gasteiger partial charge in [-0.15, -0.1) is 11.3 Å². The summed E-state index contributed by atoms with van der Waals surface area (Å²) in [6, 6.07) is 12.2. The number of thiophene rings is 1. The minimum Gasteiger partial charge on any atom is -0.299 e. The van der Waals surface area contributed by atoms with E-state index in [0.29, 0.717) is 18.6 Å². The molecule has 0 atom stereocenters. The molecule has 1 aromatic heterocycles. The highest BCUT2D eigenvalue weighted by Crippen LogP contribution is 2.13. The Bertz CT molecular complexity index is 485. The molecule has 1 heterocycles. The van der Waals surface area contributed by atoms with Crippen LogP contribution < -0.4 is 0 Å². The molecule has 2 aromatic rings. The van der Waals surface area contributed by atoms with Crippen molar-refractivity contribution in [2.45, 2.75) is 26.2 Å². The number of carbonyl (C=O) groups is 1. The molecule has 0 radical (unpaired) electrons. The molecule has 0 unspecified atom stereocenters. The van der Waals surface area contributed by atoms with E-state index in [0.717, 1.165) is 12.0 Å². The molecule has 0 saturated heterocycles. The number of benzene rings is 1. The van der Waals surface area contributed by atoms with E-state index < -0.39 is 0 Å². The molecule has 88 valence electrons. The zero-order chi connectivity index (χ0) is 12.1. The summed E-state index contributed by atoms with van der Waals surface area (Å²) in [5.74, 6) is 0.327. The summed E-state index contributed by atoms with van der Waals surface area (Å²) in [6.07, 6.45) is 2.09. The molecule has 0 aliphatic heterocycles. The van der Waals surface area contributed by atoms with Gasteiger partial charge in [0.15, 0.2) is 0 Å². The van der Waals surface area contributed by atoms with E-state index in [4.69, 9.17) is 0 Å². The maximum Gasteiger partial charge on any atom is 0.137 e. The lowest BCUT2D eigenvalue weighted by atomic mass is 10.0. The van der Waals surface area contributed by atoms with Crippen molar-refractivity contribution in [3.63, 3.8) is 0 Å². The van der Waals surface area contributed by atoms with Crippen molar-refractivity contribution in [1.82, 2.24) is 0 Å². The smallest absolute Gasteiger partial charge is 0.137 e. The predicted molar refractivity (Wildman–Crippen MR) is 72.5 cm³/mol. The Morgan fingerprint density at radius 2 is 2.00 bits per heavy atom. The number of hydrogen-bond acceptors (Lipinski definition) is 2. The first-order valence-electron chi connectivity index (χ1n) is 5.84. The maximum absolute atomic E-state index is 11.9. The Morgan fingerprint density at radius 1 is 1.18 bits per heavy atom. The fourth-order valence-electron chi connectivity index (χ4n) is 1.83. The van der Waals surface area contributed by atoms with Crippen LogP contribution in [0.4, 0.5) is 0 Å². The molecule has 0 amide bonds. The zero-order valence-corrected chi connectivity index (χ0v) is 10.8. The van der Waals surface area contributed by atoms with Gasteiger partial charge in [-0.3, -0.25) is 4.79 Å². The lowest BCUT2D eigenvalue weighted by Crippen LogP contribution is -2.05. The van der Waals surface area contributed by atoms with Crippen molar-refractivity contribution in [2.75, 3.05) is 0 Å². The first-order chi connectivity index (χ1) is 8.25. The summed E-state index contributed by atoms with van der Waals surface area (Å²) < 4.78 is 0. The molecule has 0 fully saturated rings. The van der Waals surface area contributed by atoms with Gasteiger partial charge in [-0.2, -0.15) is 0 Å². The largest absolute Gasteiger partial charge is 0.299 e. The number of carbonyl (C=O) groups excluding carboxylic acids is 1. The van der Waals surface area contributed by atoms with Crippen molar-refractivity contribution in [2.24, 2.45) is 0 Å². The number of rotatable bonds is 5. The van der Waals surface area contributed by atoms with E-state index in [-0.39, 0.29) is 0 Å². The van der Waals surface area contributed by atoms with Gasteiger partial charge >= 0.3 is 0 Å². The number of Topliss-reactive ketones (excluding diaryl/α,β-unsaturated/α-hetero) is 1. The van der Waals surface area contributed by atoms with E-state index in [1.807, 2.05) is 24.3 Å². The SMILES string of the molecule is Cc1ccccc1CC(=O)CCc1cccs1. The van der Waals surface area contributed by atoms with Crippen molar-refractivity contribution in [3.05, 3.63) is 57.8 Å². The molecule has 17 heavy (non-hydrogen) atoms. The van der Waals surface area contributed by atoms with Crippen molar-refractivity contribution >= 4 is 17.1 Å². The number of ketones is 1. The summed E-state index contributed by atoms with van der Waals surface area (Å²) >= 11 is 1.72. The van der Waals surface area contributed by atoms with Crippen LogP contribution in [-0.2, 0) is 17.6 Å². The lowest BCUT2D eigenvalue weighted by Gasteiger charge is -2.04. The summed E-state index contributed by atoms with van der Waals surface area (Å²) in [6.45, 7) is 2.06. The molecule has 0 N–H and O–H groups in total. The van der Waals surface area contributed by atoms with Gasteiger partial charge in [-0.25, -0.2) is 0 Å². The van der Waals surface area contributed by atoms with Gasteiger partial charge in [0, 0.05) is 17.7 Å². The summed E-state index contributed by atoms with van der Waals surface area (Å²) in [7, 11) is 0. The molecule has 1 aromatic carbocycles. The van der Waals surface area contributed by atoms with Gasteiger partial charge in [-0.1, -0.05) is 30.3 Å². The normalized spacial score (nSPS) is 10.4. The first kappa shape index (κ1) is 12.1. The Hall–Kier alpha value is -1.41. The second-order valence-corrected chi connectivity index (χ2v) is 5.25. The summed E-state index contributed by atoms with van der Waals surface area (Å²) in [5.41, 5.74) is 2.36. The average molecular weight is 244 g/mol. The minimum atomic E-state index is 0.327. The number of hydrogen-bond donors (Lipinski definition) is 0. The molecular formula is C15H16OS. The van der Waals surface area contributed by atoms with Gasteiger partial charge in [0.25, 0.3) is 0 Å². The third-order valence-electron chi connectivity index (χ3n) is 2.88. The number of aryl methyl sites for hydroxylation is 2. The van der Waals surface area contributed by atoms with Crippen LogP contribution in [0, 0.1) is 6.92 Å².